The van der Waals surface area contributed by atoms with Crippen molar-refractivity contribution in [1.29, 1.82) is 0 Å². The Morgan fingerprint density at radius 2 is 1.67 bits per heavy atom. The predicted octanol–water partition coefficient (Wildman–Crippen LogP) is 3.25. The smallest absolute Gasteiger partial charge is 0.257 e. The van der Waals surface area contributed by atoms with Gasteiger partial charge in [0.05, 0.1) is 24.6 Å². The molecule has 4 rings (SSSR count). The van der Waals surface area contributed by atoms with E-state index in [9.17, 15) is 14.0 Å². The summed E-state index contributed by atoms with van der Waals surface area (Å²) in [5.41, 5.74) is 2.42. The van der Waals surface area contributed by atoms with Gasteiger partial charge in [0.25, 0.3) is 5.91 Å². The molecule has 0 atom stereocenters. The maximum absolute atomic E-state index is 14.1. The van der Waals surface area contributed by atoms with E-state index in [1.807, 2.05) is 29.2 Å². The number of ether oxygens (including phenoxy) is 1. The molecule has 172 valence electrons. The molecular weight excluding hydrogens is 423 g/mol. The molecule has 33 heavy (non-hydrogen) atoms. The monoisotopic (exact) mass is 450 g/mol. The first kappa shape index (κ1) is 22.5. The van der Waals surface area contributed by atoms with Gasteiger partial charge in [0.15, 0.2) is 0 Å². The topological polar surface area (TPSA) is 67.7 Å². The third kappa shape index (κ3) is 4.89. The van der Waals surface area contributed by atoms with Crippen LogP contribution in [0.2, 0.25) is 0 Å². The first-order valence-electron chi connectivity index (χ1n) is 11.0. The SMILES string of the molecule is COc1ccc(CCC(=O)N2CCN(C(=O)c3cnn(-c4ccccc4F)c3C)CC2)cc1. The standard InChI is InChI=1S/C25H27FN4O3/c1-18-21(17-27-30(18)23-6-4-3-5-22(23)26)25(32)29-15-13-28(14-16-29)24(31)12-9-19-7-10-20(33-2)11-8-19/h3-8,10-11,17H,9,12-16H2,1-2H3. The Morgan fingerprint density at radius 3 is 2.33 bits per heavy atom. The minimum Gasteiger partial charge on any atom is -0.497 e. The number of halogens is 1. The van der Waals surface area contributed by atoms with Gasteiger partial charge < -0.3 is 14.5 Å². The number of amides is 2. The molecule has 1 aromatic heterocycles. The molecule has 7 nitrogen and oxygen atoms in total. The van der Waals surface area contributed by atoms with E-state index in [0.29, 0.717) is 56.0 Å². The minimum absolute atomic E-state index is 0.0847. The fourth-order valence-electron chi connectivity index (χ4n) is 4.02. The van der Waals surface area contributed by atoms with Crippen molar-refractivity contribution in [3.05, 3.63) is 77.4 Å². The number of methoxy groups -OCH3 is 1. The molecular formula is C25H27FN4O3. The van der Waals surface area contributed by atoms with Gasteiger partial charge in [-0.1, -0.05) is 24.3 Å². The zero-order valence-corrected chi connectivity index (χ0v) is 18.8. The van der Waals surface area contributed by atoms with E-state index in [1.165, 1.54) is 16.9 Å². The van der Waals surface area contributed by atoms with E-state index in [2.05, 4.69) is 5.10 Å². The fraction of sp³-hybridized carbons (Fsp3) is 0.320. The van der Waals surface area contributed by atoms with Crippen molar-refractivity contribution in [2.24, 2.45) is 0 Å². The Morgan fingerprint density at radius 1 is 1.00 bits per heavy atom. The number of benzene rings is 2. The fourth-order valence-corrected chi connectivity index (χ4v) is 4.02. The highest BCUT2D eigenvalue weighted by atomic mass is 19.1. The van der Waals surface area contributed by atoms with E-state index in [-0.39, 0.29) is 11.8 Å². The Balaban J connectivity index is 1.32. The lowest BCUT2D eigenvalue weighted by Crippen LogP contribution is -2.50. The quantitative estimate of drug-likeness (QED) is 0.578. The molecule has 8 heteroatoms. The molecule has 1 saturated heterocycles. The second-order valence-electron chi connectivity index (χ2n) is 8.03. The van der Waals surface area contributed by atoms with Crippen molar-refractivity contribution in [3.63, 3.8) is 0 Å². The number of piperazine rings is 1. The van der Waals surface area contributed by atoms with Crippen LogP contribution in [0.1, 0.15) is 28.0 Å². The number of hydrogen-bond acceptors (Lipinski definition) is 4. The molecule has 0 spiro atoms. The highest BCUT2D eigenvalue weighted by molar-refractivity contribution is 5.95. The Labute approximate surface area is 192 Å². The zero-order chi connectivity index (χ0) is 23.4. The van der Waals surface area contributed by atoms with Crippen LogP contribution in [-0.2, 0) is 11.2 Å². The van der Waals surface area contributed by atoms with Crippen molar-refractivity contribution in [3.8, 4) is 11.4 Å². The molecule has 1 aliphatic heterocycles. The summed E-state index contributed by atoms with van der Waals surface area (Å²) >= 11 is 0. The van der Waals surface area contributed by atoms with Gasteiger partial charge in [-0.2, -0.15) is 5.10 Å². The van der Waals surface area contributed by atoms with Crippen LogP contribution in [0, 0.1) is 12.7 Å². The number of aryl methyl sites for hydroxylation is 1. The lowest BCUT2D eigenvalue weighted by Gasteiger charge is -2.34. The van der Waals surface area contributed by atoms with Crippen LogP contribution in [0.15, 0.2) is 54.7 Å². The van der Waals surface area contributed by atoms with Crippen LogP contribution >= 0.6 is 0 Å². The molecule has 1 fully saturated rings. The van der Waals surface area contributed by atoms with Crippen LogP contribution in [0.4, 0.5) is 4.39 Å². The van der Waals surface area contributed by atoms with E-state index < -0.39 is 5.82 Å². The lowest BCUT2D eigenvalue weighted by molar-refractivity contribution is -0.132. The molecule has 0 unspecified atom stereocenters. The summed E-state index contributed by atoms with van der Waals surface area (Å²) in [6, 6.07) is 14.0. The molecule has 1 aliphatic rings. The minimum atomic E-state index is -0.399. The number of carbonyl (C=O) groups is 2. The number of hydrogen-bond donors (Lipinski definition) is 0. The molecule has 2 amide bonds. The van der Waals surface area contributed by atoms with Gasteiger partial charge in [0.2, 0.25) is 5.91 Å². The first-order valence-corrected chi connectivity index (χ1v) is 11.0. The van der Waals surface area contributed by atoms with E-state index >= 15 is 0 Å². The van der Waals surface area contributed by atoms with Gasteiger partial charge in [0.1, 0.15) is 17.3 Å². The Bertz CT molecular complexity index is 1130. The largest absolute Gasteiger partial charge is 0.497 e. The van der Waals surface area contributed by atoms with Crippen molar-refractivity contribution in [2.75, 3.05) is 33.3 Å². The maximum Gasteiger partial charge on any atom is 0.257 e. The molecule has 0 saturated carbocycles. The van der Waals surface area contributed by atoms with Gasteiger partial charge >= 0.3 is 0 Å². The van der Waals surface area contributed by atoms with Crippen molar-refractivity contribution < 1.29 is 18.7 Å². The van der Waals surface area contributed by atoms with E-state index in [0.717, 1.165) is 11.3 Å². The van der Waals surface area contributed by atoms with E-state index in [1.54, 1.807) is 37.1 Å². The number of rotatable bonds is 6. The average Bonchev–Trinajstić information content (AvgIpc) is 3.23. The van der Waals surface area contributed by atoms with E-state index in [4.69, 9.17) is 4.74 Å². The van der Waals surface area contributed by atoms with Gasteiger partial charge in [-0.25, -0.2) is 9.07 Å². The molecule has 0 N–H and O–H groups in total. The summed E-state index contributed by atoms with van der Waals surface area (Å²) in [4.78, 5) is 29.2. The molecule has 2 heterocycles. The number of carbonyl (C=O) groups excluding carboxylic acids is 2. The summed E-state index contributed by atoms with van der Waals surface area (Å²) in [6.07, 6.45) is 2.57. The molecule has 3 aromatic rings. The zero-order valence-electron chi connectivity index (χ0n) is 18.8. The number of nitrogens with zero attached hydrogens (tertiary/aromatic N) is 4. The van der Waals surface area contributed by atoms with Gasteiger partial charge in [-0.05, 0) is 43.2 Å². The van der Waals surface area contributed by atoms with Gasteiger partial charge in [-0.3, -0.25) is 9.59 Å². The Hall–Kier alpha value is -3.68. The normalized spacial score (nSPS) is 13.8. The maximum atomic E-state index is 14.1. The molecule has 0 bridgehead atoms. The highest BCUT2D eigenvalue weighted by Crippen LogP contribution is 2.19. The summed E-state index contributed by atoms with van der Waals surface area (Å²) in [6.45, 7) is 3.65. The second-order valence-corrected chi connectivity index (χ2v) is 8.03. The highest BCUT2D eigenvalue weighted by Gasteiger charge is 2.27. The lowest BCUT2D eigenvalue weighted by atomic mass is 10.1. The second kappa shape index (κ2) is 9.85. The molecule has 0 aliphatic carbocycles. The first-order chi connectivity index (χ1) is 16.0. The Kier molecular flexibility index (Phi) is 6.72. The van der Waals surface area contributed by atoms with Crippen LogP contribution in [-0.4, -0.2) is 64.7 Å². The third-order valence-electron chi connectivity index (χ3n) is 6.03. The van der Waals surface area contributed by atoms with Crippen LogP contribution < -0.4 is 4.74 Å². The summed E-state index contributed by atoms with van der Waals surface area (Å²) < 4.78 is 20.7. The van der Waals surface area contributed by atoms with Crippen LogP contribution in [0.25, 0.3) is 5.69 Å². The van der Waals surface area contributed by atoms with Crippen molar-refractivity contribution in [1.82, 2.24) is 19.6 Å². The van der Waals surface area contributed by atoms with Crippen molar-refractivity contribution >= 4 is 11.8 Å². The molecule has 0 radical (unpaired) electrons. The van der Waals surface area contributed by atoms with Crippen molar-refractivity contribution in [2.45, 2.75) is 19.8 Å². The third-order valence-corrected chi connectivity index (χ3v) is 6.03. The van der Waals surface area contributed by atoms with Crippen LogP contribution in [0.5, 0.6) is 5.75 Å². The summed E-state index contributed by atoms with van der Waals surface area (Å²) in [5, 5.41) is 4.23. The summed E-state index contributed by atoms with van der Waals surface area (Å²) in [7, 11) is 1.62. The molecule has 2 aromatic carbocycles. The average molecular weight is 451 g/mol. The summed E-state index contributed by atoms with van der Waals surface area (Å²) in [5.74, 6) is 0.326. The van der Waals surface area contributed by atoms with Gasteiger partial charge in [0, 0.05) is 32.6 Å². The predicted molar refractivity (Wildman–Crippen MR) is 122 cm³/mol. The number of aromatic nitrogens is 2. The van der Waals surface area contributed by atoms with Gasteiger partial charge in [-0.15, -0.1) is 0 Å². The van der Waals surface area contributed by atoms with Crippen LogP contribution in [0.3, 0.4) is 0 Å². The number of para-hydroxylation sites is 1.